The molecule has 1 aromatic rings. The molecule has 1 aromatic carbocycles. The van der Waals surface area contributed by atoms with Crippen molar-refractivity contribution in [2.24, 2.45) is 0 Å². The van der Waals surface area contributed by atoms with Crippen LogP contribution in [-0.4, -0.2) is 0 Å². The van der Waals surface area contributed by atoms with Gasteiger partial charge in [-0.2, -0.15) is 0 Å². The fourth-order valence-corrected chi connectivity index (χ4v) is 1.51. The van der Waals surface area contributed by atoms with Crippen LogP contribution in [0.1, 0.15) is 37.7 Å². The molecule has 1 rings (SSSR count). The molecule has 0 aromatic heterocycles. The van der Waals surface area contributed by atoms with E-state index in [9.17, 15) is 0 Å². The predicted octanol–water partition coefficient (Wildman–Crippen LogP) is 4.84. The van der Waals surface area contributed by atoms with Gasteiger partial charge in [0.1, 0.15) is 0 Å². The number of benzene rings is 1. The molecule has 80 valence electrons. The first-order valence-electron chi connectivity index (χ1n) is 5.76. The molecule has 0 atom stereocenters. The SMILES string of the molecule is C=CCCCCCC=Cc1ccccc1. The molecule has 0 N–H and O–H groups in total. The van der Waals surface area contributed by atoms with Crippen LogP contribution in [0, 0.1) is 0 Å². The summed E-state index contributed by atoms with van der Waals surface area (Å²) >= 11 is 0. The molecular weight excluding hydrogens is 180 g/mol. The molecule has 0 aliphatic rings. The van der Waals surface area contributed by atoms with Crippen molar-refractivity contribution in [3.8, 4) is 0 Å². The highest BCUT2D eigenvalue weighted by molar-refractivity contribution is 5.48. The number of rotatable bonds is 7. The van der Waals surface area contributed by atoms with Crippen LogP contribution < -0.4 is 0 Å². The van der Waals surface area contributed by atoms with E-state index in [4.69, 9.17) is 0 Å². The predicted molar refractivity (Wildman–Crippen MR) is 68.8 cm³/mol. The van der Waals surface area contributed by atoms with Crippen LogP contribution in [0.5, 0.6) is 0 Å². The van der Waals surface area contributed by atoms with Crippen LogP contribution in [0.4, 0.5) is 0 Å². The molecule has 0 aliphatic carbocycles. The third-order valence-corrected chi connectivity index (χ3v) is 2.39. The first-order chi connectivity index (χ1) is 7.43. The van der Waals surface area contributed by atoms with Crippen molar-refractivity contribution in [2.45, 2.75) is 32.1 Å². The monoisotopic (exact) mass is 200 g/mol. The molecule has 0 heterocycles. The summed E-state index contributed by atoms with van der Waals surface area (Å²) in [5.74, 6) is 0. The average molecular weight is 200 g/mol. The Kier molecular flexibility index (Phi) is 6.31. The van der Waals surface area contributed by atoms with Gasteiger partial charge in [0.05, 0.1) is 0 Å². The number of hydrogen-bond donors (Lipinski definition) is 0. The standard InChI is InChI=1S/C15H20/c1-2-3-4-5-6-7-9-12-15-13-10-8-11-14-15/h2,8-14H,1,3-7H2. The zero-order valence-corrected chi connectivity index (χ0v) is 9.36. The third-order valence-electron chi connectivity index (χ3n) is 2.39. The van der Waals surface area contributed by atoms with Gasteiger partial charge in [-0.3, -0.25) is 0 Å². The van der Waals surface area contributed by atoms with Gasteiger partial charge in [0.2, 0.25) is 0 Å². The molecule has 15 heavy (non-hydrogen) atoms. The maximum absolute atomic E-state index is 3.72. The lowest BCUT2D eigenvalue weighted by Gasteiger charge is -1.95. The molecular formula is C15H20. The fourth-order valence-electron chi connectivity index (χ4n) is 1.51. The largest absolute Gasteiger partial charge is 0.103 e. The third kappa shape index (κ3) is 5.90. The molecule has 0 radical (unpaired) electrons. The second kappa shape index (κ2) is 8.05. The second-order valence-corrected chi connectivity index (χ2v) is 3.74. The lowest BCUT2D eigenvalue weighted by Crippen LogP contribution is -1.74. The van der Waals surface area contributed by atoms with Crippen LogP contribution in [0.15, 0.2) is 49.1 Å². The molecule has 0 aliphatic heterocycles. The summed E-state index contributed by atoms with van der Waals surface area (Å²) in [5, 5.41) is 0. The van der Waals surface area contributed by atoms with E-state index in [1.807, 2.05) is 12.1 Å². The van der Waals surface area contributed by atoms with Gasteiger partial charge in [0.15, 0.2) is 0 Å². The minimum Gasteiger partial charge on any atom is -0.103 e. The average Bonchev–Trinajstić information content (AvgIpc) is 2.29. The van der Waals surface area contributed by atoms with Crippen molar-refractivity contribution in [1.29, 1.82) is 0 Å². The number of hydrogen-bond acceptors (Lipinski definition) is 0. The Bertz CT molecular complexity index is 282. The van der Waals surface area contributed by atoms with Crippen LogP contribution >= 0.6 is 0 Å². The quantitative estimate of drug-likeness (QED) is 0.436. The van der Waals surface area contributed by atoms with Gasteiger partial charge in [-0.05, 0) is 31.2 Å². The van der Waals surface area contributed by atoms with Crippen LogP contribution in [0.2, 0.25) is 0 Å². The van der Waals surface area contributed by atoms with E-state index < -0.39 is 0 Å². The van der Waals surface area contributed by atoms with Crippen LogP contribution in [-0.2, 0) is 0 Å². The van der Waals surface area contributed by atoms with E-state index in [-0.39, 0.29) is 0 Å². The van der Waals surface area contributed by atoms with Crippen LogP contribution in [0.25, 0.3) is 6.08 Å². The summed E-state index contributed by atoms with van der Waals surface area (Å²) in [6.45, 7) is 3.72. The Morgan fingerprint density at radius 2 is 1.67 bits per heavy atom. The van der Waals surface area contributed by atoms with E-state index in [0.29, 0.717) is 0 Å². The molecule has 0 spiro atoms. The fraction of sp³-hybridized carbons (Fsp3) is 0.333. The summed E-state index contributed by atoms with van der Waals surface area (Å²) in [5.41, 5.74) is 1.29. The lowest BCUT2D eigenvalue weighted by atomic mass is 10.1. The van der Waals surface area contributed by atoms with Gasteiger partial charge in [-0.25, -0.2) is 0 Å². The normalized spacial score (nSPS) is 10.7. The molecule has 0 saturated carbocycles. The van der Waals surface area contributed by atoms with Crippen molar-refractivity contribution < 1.29 is 0 Å². The van der Waals surface area contributed by atoms with Gasteiger partial charge in [-0.15, -0.1) is 6.58 Å². The number of unbranched alkanes of at least 4 members (excludes halogenated alkanes) is 4. The zero-order valence-electron chi connectivity index (χ0n) is 9.36. The van der Waals surface area contributed by atoms with Crippen LogP contribution in [0.3, 0.4) is 0 Å². The summed E-state index contributed by atoms with van der Waals surface area (Å²) < 4.78 is 0. The van der Waals surface area contributed by atoms with E-state index in [1.165, 1.54) is 31.2 Å². The summed E-state index contributed by atoms with van der Waals surface area (Å²) in [4.78, 5) is 0. The summed E-state index contributed by atoms with van der Waals surface area (Å²) in [7, 11) is 0. The first kappa shape index (κ1) is 11.8. The topological polar surface area (TPSA) is 0 Å². The minimum absolute atomic E-state index is 1.16. The van der Waals surface area contributed by atoms with Gasteiger partial charge in [0.25, 0.3) is 0 Å². The first-order valence-corrected chi connectivity index (χ1v) is 5.76. The van der Waals surface area contributed by atoms with E-state index in [0.717, 1.165) is 6.42 Å². The Morgan fingerprint density at radius 3 is 2.40 bits per heavy atom. The van der Waals surface area contributed by atoms with Gasteiger partial charge in [-0.1, -0.05) is 55.0 Å². The van der Waals surface area contributed by atoms with Gasteiger partial charge in [0, 0.05) is 0 Å². The van der Waals surface area contributed by atoms with Crippen molar-refractivity contribution in [1.82, 2.24) is 0 Å². The maximum Gasteiger partial charge on any atom is -0.0260 e. The van der Waals surface area contributed by atoms with Crippen molar-refractivity contribution in [3.05, 3.63) is 54.6 Å². The zero-order chi connectivity index (χ0) is 10.8. The Balaban J connectivity index is 2.10. The molecule has 0 amide bonds. The van der Waals surface area contributed by atoms with Crippen molar-refractivity contribution in [3.63, 3.8) is 0 Å². The Labute approximate surface area is 93.3 Å². The van der Waals surface area contributed by atoms with E-state index in [2.05, 4.69) is 43.0 Å². The van der Waals surface area contributed by atoms with Crippen molar-refractivity contribution in [2.75, 3.05) is 0 Å². The number of allylic oxidation sites excluding steroid dienone is 2. The van der Waals surface area contributed by atoms with Crippen molar-refractivity contribution >= 4 is 6.08 Å². The molecule has 0 fully saturated rings. The maximum atomic E-state index is 3.72. The van der Waals surface area contributed by atoms with Gasteiger partial charge >= 0.3 is 0 Å². The Morgan fingerprint density at radius 1 is 0.933 bits per heavy atom. The highest BCUT2D eigenvalue weighted by Crippen LogP contribution is 2.06. The lowest BCUT2D eigenvalue weighted by molar-refractivity contribution is 0.697. The minimum atomic E-state index is 1.16. The molecule has 0 heteroatoms. The van der Waals surface area contributed by atoms with E-state index >= 15 is 0 Å². The highest BCUT2D eigenvalue weighted by atomic mass is 13.9. The molecule has 0 nitrogen and oxygen atoms in total. The smallest absolute Gasteiger partial charge is 0.0260 e. The molecule has 0 saturated heterocycles. The second-order valence-electron chi connectivity index (χ2n) is 3.74. The van der Waals surface area contributed by atoms with E-state index in [1.54, 1.807) is 0 Å². The highest BCUT2D eigenvalue weighted by Gasteiger charge is 1.86. The van der Waals surface area contributed by atoms with Gasteiger partial charge < -0.3 is 0 Å². The molecule has 0 unspecified atom stereocenters. The summed E-state index contributed by atoms with van der Waals surface area (Å²) in [6.07, 6.45) is 12.7. The Hall–Kier alpha value is -1.30. The summed E-state index contributed by atoms with van der Waals surface area (Å²) in [6, 6.07) is 10.5. The molecule has 0 bridgehead atoms.